The molecular formula is C11H20N2O2. The molecule has 0 aliphatic carbocycles. The van der Waals surface area contributed by atoms with Crippen molar-refractivity contribution < 1.29 is 9.59 Å². The molecule has 2 amide bonds. The summed E-state index contributed by atoms with van der Waals surface area (Å²) < 4.78 is 0. The number of nitrogens with two attached hydrogens (primary N) is 1. The Morgan fingerprint density at radius 2 is 1.87 bits per heavy atom. The minimum atomic E-state index is -0.602. The highest BCUT2D eigenvalue weighted by Gasteiger charge is 2.18. The van der Waals surface area contributed by atoms with Gasteiger partial charge in [0, 0.05) is 5.92 Å². The number of hydrogen-bond acceptors (Lipinski definition) is 2. The summed E-state index contributed by atoms with van der Waals surface area (Å²) in [5.41, 5.74) is 6.29. The highest BCUT2D eigenvalue weighted by molar-refractivity contribution is 5.87. The number of rotatable bonds is 5. The third-order valence-corrected chi connectivity index (χ3v) is 1.95. The van der Waals surface area contributed by atoms with Crippen LogP contribution in [0.3, 0.4) is 0 Å². The van der Waals surface area contributed by atoms with E-state index in [2.05, 4.69) is 5.32 Å². The molecule has 0 aliphatic rings. The van der Waals surface area contributed by atoms with E-state index >= 15 is 0 Å². The highest BCUT2D eigenvalue weighted by Crippen LogP contribution is 2.00. The fraction of sp³-hybridized carbons (Fsp3) is 0.636. The lowest BCUT2D eigenvalue weighted by atomic mass is 10.1. The maximum absolute atomic E-state index is 11.4. The molecule has 0 aliphatic heterocycles. The first-order valence-electron chi connectivity index (χ1n) is 5.07. The first kappa shape index (κ1) is 13.7. The molecule has 4 nitrogen and oxygen atoms in total. The third kappa shape index (κ3) is 5.88. The van der Waals surface area contributed by atoms with Gasteiger partial charge < -0.3 is 11.1 Å². The van der Waals surface area contributed by atoms with Crippen LogP contribution in [0.5, 0.6) is 0 Å². The number of allylic oxidation sites excluding steroid dienone is 1. The van der Waals surface area contributed by atoms with Crippen molar-refractivity contribution in [2.45, 2.75) is 40.2 Å². The topological polar surface area (TPSA) is 72.2 Å². The van der Waals surface area contributed by atoms with Crippen LogP contribution in [0.25, 0.3) is 0 Å². The Morgan fingerprint density at radius 3 is 2.20 bits per heavy atom. The van der Waals surface area contributed by atoms with Crippen molar-refractivity contribution in [2.75, 3.05) is 0 Å². The number of carbonyl (C=O) groups is 2. The molecule has 0 aromatic carbocycles. The zero-order valence-electron chi connectivity index (χ0n) is 9.83. The standard InChI is InChI=1S/C11H20N2O2/c1-7(2)5-6-9(10(12)14)13-11(15)8(3)4/h5,8-9H,6H2,1-4H3,(H2,12,14)(H,13,15)/t9-/m0/s1. The molecule has 86 valence electrons. The Morgan fingerprint density at radius 1 is 1.33 bits per heavy atom. The Kier molecular flexibility index (Phi) is 5.67. The van der Waals surface area contributed by atoms with Crippen molar-refractivity contribution in [1.82, 2.24) is 5.32 Å². The fourth-order valence-corrected chi connectivity index (χ4v) is 0.938. The summed E-state index contributed by atoms with van der Waals surface area (Å²) >= 11 is 0. The first-order valence-corrected chi connectivity index (χ1v) is 5.07. The SMILES string of the molecule is CC(C)=CC[C@H](NC(=O)C(C)C)C(N)=O. The smallest absolute Gasteiger partial charge is 0.240 e. The third-order valence-electron chi connectivity index (χ3n) is 1.95. The fourth-order valence-electron chi connectivity index (χ4n) is 0.938. The van der Waals surface area contributed by atoms with E-state index in [0.717, 1.165) is 5.57 Å². The number of carbonyl (C=O) groups excluding carboxylic acids is 2. The second kappa shape index (κ2) is 6.22. The van der Waals surface area contributed by atoms with Gasteiger partial charge in [-0.1, -0.05) is 25.5 Å². The van der Waals surface area contributed by atoms with E-state index in [0.29, 0.717) is 6.42 Å². The van der Waals surface area contributed by atoms with Gasteiger partial charge in [-0.25, -0.2) is 0 Å². The maximum Gasteiger partial charge on any atom is 0.240 e. The van der Waals surface area contributed by atoms with Crippen LogP contribution in [-0.2, 0) is 9.59 Å². The molecule has 4 heteroatoms. The van der Waals surface area contributed by atoms with Gasteiger partial charge in [0.05, 0.1) is 0 Å². The molecule has 0 radical (unpaired) electrons. The van der Waals surface area contributed by atoms with Gasteiger partial charge >= 0.3 is 0 Å². The van der Waals surface area contributed by atoms with Gasteiger partial charge in [-0.2, -0.15) is 0 Å². The summed E-state index contributed by atoms with van der Waals surface area (Å²) in [5.74, 6) is -0.791. The molecule has 0 spiro atoms. The number of nitrogens with one attached hydrogen (secondary N) is 1. The normalized spacial score (nSPS) is 12.1. The lowest BCUT2D eigenvalue weighted by Crippen LogP contribution is -2.45. The summed E-state index contributed by atoms with van der Waals surface area (Å²) in [6.07, 6.45) is 2.34. The largest absolute Gasteiger partial charge is 0.368 e. The Bertz CT molecular complexity index is 266. The van der Waals surface area contributed by atoms with E-state index in [9.17, 15) is 9.59 Å². The average molecular weight is 212 g/mol. The number of amides is 2. The highest BCUT2D eigenvalue weighted by atomic mass is 16.2. The Hall–Kier alpha value is -1.32. The van der Waals surface area contributed by atoms with E-state index in [4.69, 9.17) is 5.73 Å². The Labute approximate surface area is 90.9 Å². The minimum absolute atomic E-state index is 0.140. The van der Waals surface area contributed by atoms with Gasteiger partial charge in [0.2, 0.25) is 11.8 Å². The molecule has 0 fully saturated rings. The van der Waals surface area contributed by atoms with Gasteiger partial charge in [0.15, 0.2) is 0 Å². The molecule has 0 aromatic heterocycles. The van der Waals surface area contributed by atoms with Crippen LogP contribution >= 0.6 is 0 Å². The predicted molar refractivity (Wildman–Crippen MR) is 60.0 cm³/mol. The predicted octanol–water partition coefficient (Wildman–Crippen LogP) is 0.969. The molecule has 15 heavy (non-hydrogen) atoms. The molecule has 0 unspecified atom stereocenters. The zero-order chi connectivity index (χ0) is 12.0. The molecule has 0 heterocycles. The molecule has 0 saturated heterocycles. The molecule has 0 bridgehead atoms. The van der Waals surface area contributed by atoms with Crippen molar-refractivity contribution in [3.63, 3.8) is 0 Å². The number of primary amides is 1. The van der Waals surface area contributed by atoms with Crippen molar-refractivity contribution in [1.29, 1.82) is 0 Å². The lowest BCUT2D eigenvalue weighted by Gasteiger charge is -2.15. The van der Waals surface area contributed by atoms with E-state index in [1.54, 1.807) is 13.8 Å². The average Bonchev–Trinajstić information content (AvgIpc) is 2.10. The zero-order valence-corrected chi connectivity index (χ0v) is 9.83. The van der Waals surface area contributed by atoms with E-state index in [1.807, 2.05) is 19.9 Å². The first-order chi connectivity index (χ1) is 6.84. The summed E-state index contributed by atoms with van der Waals surface area (Å²) in [6.45, 7) is 7.41. The Balaban J connectivity index is 4.36. The van der Waals surface area contributed by atoms with Crippen LogP contribution < -0.4 is 11.1 Å². The van der Waals surface area contributed by atoms with E-state index < -0.39 is 11.9 Å². The van der Waals surface area contributed by atoms with E-state index in [1.165, 1.54) is 0 Å². The van der Waals surface area contributed by atoms with Crippen LogP contribution in [-0.4, -0.2) is 17.9 Å². The maximum atomic E-state index is 11.4. The second-order valence-corrected chi connectivity index (χ2v) is 4.14. The van der Waals surface area contributed by atoms with Crippen LogP contribution in [0.1, 0.15) is 34.1 Å². The summed E-state index contributed by atoms with van der Waals surface area (Å²) in [6, 6.07) is -0.602. The van der Waals surface area contributed by atoms with Gasteiger partial charge in [-0.05, 0) is 20.3 Å². The monoisotopic (exact) mass is 212 g/mol. The van der Waals surface area contributed by atoms with Crippen molar-refractivity contribution in [3.8, 4) is 0 Å². The molecule has 0 aromatic rings. The molecule has 3 N–H and O–H groups in total. The van der Waals surface area contributed by atoms with E-state index in [-0.39, 0.29) is 11.8 Å². The van der Waals surface area contributed by atoms with Crippen molar-refractivity contribution >= 4 is 11.8 Å². The van der Waals surface area contributed by atoms with Gasteiger partial charge in [-0.15, -0.1) is 0 Å². The summed E-state index contributed by atoms with van der Waals surface area (Å²) in [5, 5.41) is 2.61. The minimum Gasteiger partial charge on any atom is -0.368 e. The van der Waals surface area contributed by atoms with Crippen LogP contribution in [0.2, 0.25) is 0 Å². The lowest BCUT2D eigenvalue weighted by molar-refractivity contribution is -0.129. The number of hydrogen-bond donors (Lipinski definition) is 2. The van der Waals surface area contributed by atoms with Crippen molar-refractivity contribution in [2.24, 2.45) is 11.7 Å². The van der Waals surface area contributed by atoms with Crippen molar-refractivity contribution in [3.05, 3.63) is 11.6 Å². The molecule has 0 rings (SSSR count). The van der Waals surface area contributed by atoms with Gasteiger partial charge in [-0.3, -0.25) is 9.59 Å². The second-order valence-electron chi connectivity index (χ2n) is 4.14. The van der Waals surface area contributed by atoms with Crippen LogP contribution in [0.4, 0.5) is 0 Å². The quantitative estimate of drug-likeness (QED) is 0.666. The molecule has 1 atom stereocenters. The van der Waals surface area contributed by atoms with Gasteiger partial charge in [0.25, 0.3) is 0 Å². The summed E-state index contributed by atoms with van der Waals surface area (Å²) in [4.78, 5) is 22.4. The van der Waals surface area contributed by atoms with Crippen LogP contribution in [0, 0.1) is 5.92 Å². The summed E-state index contributed by atoms with van der Waals surface area (Å²) in [7, 11) is 0. The molecule has 0 saturated carbocycles. The van der Waals surface area contributed by atoms with Gasteiger partial charge in [0.1, 0.15) is 6.04 Å². The van der Waals surface area contributed by atoms with Crippen LogP contribution in [0.15, 0.2) is 11.6 Å². The molecular weight excluding hydrogens is 192 g/mol.